The maximum atomic E-state index is 13.4. The number of aryl methyl sites for hydroxylation is 1. The topological polar surface area (TPSA) is 25.4 Å². The van der Waals surface area contributed by atoms with Crippen LogP contribution < -0.4 is 4.74 Å². The summed E-state index contributed by atoms with van der Waals surface area (Å²) in [7, 11) is 1.57. The Kier molecular flexibility index (Phi) is 3.20. The van der Waals surface area contributed by atoms with Gasteiger partial charge in [0.15, 0.2) is 0 Å². The quantitative estimate of drug-likeness (QED) is 0.857. The van der Waals surface area contributed by atoms with Gasteiger partial charge in [0.2, 0.25) is 0 Å². The fourth-order valence-corrected chi connectivity index (χ4v) is 3.81. The van der Waals surface area contributed by atoms with Gasteiger partial charge in [0.1, 0.15) is 11.3 Å². The number of aromatic nitrogens is 1. The van der Waals surface area contributed by atoms with Gasteiger partial charge in [0, 0.05) is 30.4 Å². The molecular formula is C15H19F3N2O. The maximum absolute atomic E-state index is 13.4. The van der Waals surface area contributed by atoms with E-state index in [0.29, 0.717) is 18.0 Å². The normalized spacial score (nSPS) is 28.6. The molecule has 3 heterocycles. The minimum Gasteiger partial charge on any atom is -0.496 e. The van der Waals surface area contributed by atoms with Gasteiger partial charge in [-0.05, 0) is 32.6 Å². The Morgan fingerprint density at radius 3 is 2.62 bits per heavy atom. The summed E-state index contributed by atoms with van der Waals surface area (Å²) < 4.78 is 45.4. The summed E-state index contributed by atoms with van der Waals surface area (Å²) in [5, 5.41) is 0. The predicted molar refractivity (Wildman–Crippen MR) is 72.2 cm³/mol. The van der Waals surface area contributed by atoms with Gasteiger partial charge >= 0.3 is 6.18 Å². The Labute approximate surface area is 122 Å². The predicted octanol–water partition coefficient (Wildman–Crippen LogP) is 3.23. The zero-order valence-electron chi connectivity index (χ0n) is 12.4. The summed E-state index contributed by atoms with van der Waals surface area (Å²) in [6.45, 7) is 4.48. The lowest BCUT2D eigenvalue weighted by Gasteiger charge is -2.43. The van der Waals surface area contributed by atoms with Crippen molar-refractivity contribution in [3.63, 3.8) is 0 Å². The Bertz CT molecular complexity index is 565. The average Bonchev–Trinajstić information content (AvgIpc) is 2.87. The molecule has 4 rings (SSSR count). The number of pyridine rings is 1. The molecule has 0 atom stereocenters. The van der Waals surface area contributed by atoms with Gasteiger partial charge in [-0.1, -0.05) is 0 Å². The van der Waals surface area contributed by atoms with E-state index in [2.05, 4.69) is 4.98 Å². The second-order valence-corrected chi connectivity index (χ2v) is 6.23. The minimum absolute atomic E-state index is 0.180. The third-order valence-electron chi connectivity index (χ3n) is 4.95. The summed E-state index contributed by atoms with van der Waals surface area (Å²) in [6.07, 6.45) is -2.03. The van der Waals surface area contributed by atoms with E-state index in [1.54, 1.807) is 18.2 Å². The largest absolute Gasteiger partial charge is 0.496 e. The third kappa shape index (κ3) is 2.03. The van der Waals surface area contributed by atoms with E-state index in [1.807, 2.05) is 13.8 Å². The molecule has 3 fully saturated rings. The average molecular weight is 300 g/mol. The fraction of sp³-hybridized carbons (Fsp3) is 0.667. The molecule has 1 aromatic rings. The van der Waals surface area contributed by atoms with Gasteiger partial charge in [-0.2, -0.15) is 13.2 Å². The lowest BCUT2D eigenvalue weighted by atomic mass is 9.72. The van der Waals surface area contributed by atoms with Crippen LogP contribution in [0.3, 0.4) is 0 Å². The molecule has 0 aromatic carbocycles. The number of ether oxygens (including phenoxy) is 1. The van der Waals surface area contributed by atoms with Crippen molar-refractivity contribution in [2.75, 3.05) is 13.7 Å². The molecule has 2 bridgehead atoms. The van der Waals surface area contributed by atoms with Crippen molar-refractivity contribution in [3.8, 4) is 5.75 Å². The van der Waals surface area contributed by atoms with Crippen molar-refractivity contribution in [1.82, 2.24) is 9.88 Å². The van der Waals surface area contributed by atoms with Gasteiger partial charge in [-0.15, -0.1) is 0 Å². The molecule has 0 radical (unpaired) electrons. The molecule has 1 aromatic heterocycles. The molecular weight excluding hydrogens is 281 g/mol. The standard InChI is InChI=1S/C15H19F3N2O/c1-9-6-19-12(10(2)13(9)21-3)8-20-7-11-4-14(20,5-11)15(16,17)18/h6,11H,4-5,7-8H2,1-3H3. The molecule has 1 saturated carbocycles. The summed E-state index contributed by atoms with van der Waals surface area (Å²) in [5.41, 5.74) is 0.784. The van der Waals surface area contributed by atoms with Crippen molar-refractivity contribution in [3.05, 3.63) is 23.0 Å². The molecule has 21 heavy (non-hydrogen) atoms. The molecule has 116 valence electrons. The first-order valence-electron chi connectivity index (χ1n) is 7.09. The Balaban J connectivity index is 1.88. The smallest absolute Gasteiger partial charge is 0.406 e. The highest BCUT2D eigenvalue weighted by Crippen LogP contribution is 2.58. The Hall–Kier alpha value is -1.30. The molecule has 2 aliphatic heterocycles. The van der Waals surface area contributed by atoms with Crippen molar-refractivity contribution in [2.45, 2.75) is 44.9 Å². The maximum Gasteiger partial charge on any atom is 0.406 e. The second kappa shape index (κ2) is 4.60. The van der Waals surface area contributed by atoms with Gasteiger partial charge in [0.05, 0.1) is 12.8 Å². The molecule has 0 N–H and O–H groups in total. The number of alkyl halides is 3. The van der Waals surface area contributed by atoms with Crippen LogP contribution >= 0.6 is 0 Å². The van der Waals surface area contributed by atoms with Crippen molar-refractivity contribution >= 4 is 0 Å². The summed E-state index contributed by atoms with van der Waals surface area (Å²) in [6, 6.07) is 0. The van der Waals surface area contributed by atoms with E-state index in [9.17, 15) is 13.2 Å². The molecule has 3 nitrogen and oxygen atoms in total. The van der Waals surface area contributed by atoms with Gasteiger partial charge in [0.25, 0.3) is 0 Å². The number of methoxy groups -OCH3 is 1. The molecule has 2 saturated heterocycles. The first-order valence-corrected chi connectivity index (χ1v) is 7.09. The number of fused-ring (bicyclic) bond motifs is 1. The number of nitrogens with zero attached hydrogens (tertiary/aromatic N) is 2. The van der Waals surface area contributed by atoms with Crippen molar-refractivity contribution in [2.24, 2.45) is 5.92 Å². The Morgan fingerprint density at radius 1 is 1.38 bits per heavy atom. The van der Waals surface area contributed by atoms with Gasteiger partial charge < -0.3 is 4.74 Å². The zero-order chi connectivity index (χ0) is 15.4. The lowest BCUT2D eigenvalue weighted by Crippen LogP contribution is -2.57. The second-order valence-electron chi connectivity index (χ2n) is 6.23. The number of hydrogen-bond acceptors (Lipinski definition) is 3. The van der Waals surface area contributed by atoms with Crippen molar-refractivity contribution in [1.29, 1.82) is 0 Å². The first-order chi connectivity index (χ1) is 9.78. The summed E-state index contributed by atoms with van der Waals surface area (Å²) in [4.78, 5) is 5.88. The molecule has 1 aliphatic carbocycles. The van der Waals surface area contributed by atoms with Crippen LogP contribution in [-0.2, 0) is 6.54 Å². The fourth-order valence-electron chi connectivity index (χ4n) is 3.81. The number of rotatable bonds is 3. The van der Waals surface area contributed by atoms with Crippen LogP contribution in [-0.4, -0.2) is 35.3 Å². The molecule has 0 unspecified atom stereocenters. The van der Waals surface area contributed by atoms with Crippen LogP contribution in [0.15, 0.2) is 6.20 Å². The molecule has 3 aliphatic rings. The van der Waals surface area contributed by atoms with Crippen LogP contribution in [0.5, 0.6) is 5.75 Å². The van der Waals surface area contributed by atoms with Crippen LogP contribution in [0.2, 0.25) is 0 Å². The van der Waals surface area contributed by atoms with E-state index < -0.39 is 11.7 Å². The highest BCUT2D eigenvalue weighted by Gasteiger charge is 2.69. The van der Waals surface area contributed by atoms with Crippen LogP contribution in [0, 0.1) is 19.8 Å². The van der Waals surface area contributed by atoms with E-state index in [1.165, 1.54) is 0 Å². The van der Waals surface area contributed by atoms with Gasteiger partial charge in [-0.3, -0.25) is 9.88 Å². The summed E-state index contributed by atoms with van der Waals surface area (Å²) >= 11 is 0. The molecule has 0 amide bonds. The van der Waals surface area contributed by atoms with Gasteiger partial charge in [-0.25, -0.2) is 0 Å². The SMILES string of the molecule is COc1c(C)cnc(CN2CC3CC2(C(F)(F)F)C3)c1C. The van der Waals surface area contributed by atoms with E-state index in [-0.39, 0.29) is 25.3 Å². The monoisotopic (exact) mass is 300 g/mol. The number of halogens is 3. The summed E-state index contributed by atoms with van der Waals surface area (Å²) in [5.74, 6) is 0.895. The highest BCUT2D eigenvalue weighted by molar-refractivity contribution is 5.41. The van der Waals surface area contributed by atoms with Crippen molar-refractivity contribution < 1.29 is 17.9 Å². The highest BCUT2D eigenvalue weighted by atomic mass is 19.4. The van der Waals surface area contributed by atoms with E-state index in [0.717, 1.165) is 11.1 Å². The third-order valence-corrected chi connectivity index (χ3v) is 4.95. The van der Waals surface area contributed by atoms with Crippen LogP contribution in [0.25, 0.3) is 0 Å². The number of hydrogen-bond donors (Lipinski definition) is 0. The molecule has 6 heteroatoms. The zero-order valence-corrected chi connectivity index (χ0v) is 12.4. The lowest BCUT2D eigenvalue weighted by molar-refractivity contribution is -0.238. The Morgan fingerprint density at radius 2 is 2.05 bits per heavy atom. The van der Waals surface area contributed by atoms with E-state index in [4.69, 9.17) is 4.74 Å². The van der Waals surface area contributed by atoms with Crippen LogP contribution in [0.4, 0.5) is 13.2 Å². The first kappa shape index (κ1) is 14.6. The molecule has 0 spiro atoms. The van der Waals surface area contributed by atoms with E-state index >= 15 is 0 Å². The minimum atomic E-state index is -4.16. The van der Waals surface area contributed by atoms with Crippen LogP contribution in [0.1, 0.15) is 29.7 Å².